The molecular weight excluding hydrogens is 721 g/mol. The number of fused-ring (bicyclic) bond motifs is 15. The van der Waals surface area contributed by atoms with Gasteiger partial charge in [0.2, 0.25) is 0 Å². The molecule has 8 aromatic rings. The van der Waals surface area contributed by atoms with Crippen molar-refractivity contribution < 1.29 is 0 Å². The maximum absolute atomic E-state index is 5.77. The highest BCUT2D eigenvalue weighted by molar-refractivity contribution is 6.12. The van der Waals surface area contributed by atoms with E-state index in [2.05, 4.69) is 182 Å². The van der Waals surface area contributed by atoms with Crippen LogP contribution in [0.4, 0.5) is 0 Å². The summed E-state index contributed by atoms with van der Waals surface area (Å²) < 4.78 is 4.92. The van der Waals surface area contributed by atoms with Crippen LogP contribution in [0, 0.1) is 0 Å². The van der Waals surface area contributed by atoms with E-state index in [1.54, 1.807) is 0 Å². The number of pyridine rings is 4. The minimum absolute atomic E-state index is 0.0676. The number of nitrogens with zero attached hydrogens (tertiary/aromatic N) is 6. The minimum atomic E-state index is -0.169. The second kappa shape index (κ2) is 11.9. The van der Waals surface area contributed by atoms with Crippen LogP contribution in [0.5, 0.6) is 0 Å². The first-order valence-electron chi connectivity index (χ1n) is 21.7. The van der Waals surface area contributed by atoms with Crippen molar-refractivity contribution in [3.8, 4) is 11.1 Å². The molecule has 6 heterocycles. The molecule has 0 fully saturated rings. The maximum Gasteiger partial charge on any atom is 0.147 e. The van der Waals surface area contributed by atoms with E-state index in [4.69, 9.17) is 19.9 Å². The van der Waals surface area contributed by atoms with E-state index >= 15 is 0 Å². The van der Waals surface area contributed by atoms with Crippen LogP contribution in [0.25, 0.3) is 66.3 Å². The summed E-state index contributed by atoms with van der Waals surface area (Å²) in [5, 5.41) is 2.16. The number of hydrogen-bond acceptors (Lipinski definition) is 4. The average Bonchev–Trinajstić information content (AvgIpc) is 3.79. The molecule has 1 aliphatic rings. The molecular formula is C53H64N6. The molecule has 0 saturated carbocycles. The van der Waals surface area contributed by atoms with Crippen molar-refractivity contribution in [1.29, 1.82) is 0 Å². The van der Waals surface area contributed by atoms with Crippen molar-refractivity contribution in [3.05, 3.63) is 93.6 Å². The summed E-state index contributed by atoms with van der Waals surface area (Å²) in [5.41, 5.74) is 20.2. The average molecular weight is 785 g/mol. The summed E-state index contributed by atoms with van der Waals surface area (Å²) in [5.74, 6) is 0. The van der Waals surface area contributed by atoms with Gasteiger partial charge in [-0.3, -0.25) is 18.8 Å². The van der Waals surface area contributed by atoms with Crippen LogP contribution in [0.15, 0.2) is 48.5 Å². The Labute approximate surface area is 350 Å². The summed E-state index contributed by atoms with van der Waals surface area (Å²) >= 11 is 0. The smallest absolute Gasteiger partial charge is 0.147 e. The first-order valence-corrected chi connectivity index (χ1v) is 21.7. The van der Waals surface area contributed by atoms with Crippen molar-refractivity contribution in [3.63, 3.8) is 0 Å². The molecule has 0 unspecified atom stereocenters. The second-order valence-corrected chi connectivity index (χ2v) is 23.8. The van der Waals surface area contributed by atoms with Gasteiger partial charge in [0.05, 0.1) is 33.1 Å². The highest BCUT2D eigenvalue weighted by atomic mass is 15.1. The van der Waals surface area contributed by atoms with E-state index in [0.29, 0.717) is 0 Å². The maximum atomic E-state index is 5.77. The van der Waals surface area contributed by atoms with Gasteiger partial charge in [0, 0.05) is 66.3 Å². The molecule has 306 valence electrons. The number of aromatic nitrogens is 6. The summed E-state index contributed by atoms with van der Waals surface area (Å²) in [6.45, 7) is 41.5. The second-order valence-electron chi connectivity index (χ2n) is 23.8. The Bertz CT molecular complexity index is 2900. The first kappa shape index (κ1) is 39.6. The normalized spacial score (nSPS) is 14.5. The van der Waals surface area contributed by atoms with Gasteiger partial charge >= 0.3 is 0 Å². The van der Waals surface area contributed by atoms with Crippen LogP contribution < -0.4 is 0 Å². The summed E-state index contributed by atoms with van der Waals surface area (Å²) in [6.07, 6.45) is 0.851. The summed E-state index contributed by atoms with van der Waals surface area (Å²) in [7, 11) is 0. The van der Waals surface area contributed by atoms with Gasteiger partial charge in [-0.05, 0) is 88.0 Å². The predicted octanol–water partition coefficient (Wildman–Crippen LogP) is 13.7. The van der Waals surface area contributed by atoms with Crippen molar-refractivity contribution in [2.45, 2.75) is 164 Å². The molecule has 0 amide bonds. The largest absolute Gasteiger partial charge is 0.295 e. The van der Waals surface area contributed by atoms with Gasteiger partial charge < -0.3 is 0 Å². The fourth-order valence-electron chi connectivity index (χ4n) is 9.65. The number of benzene rings is 2. The van der Waals surface area contributed by atoms with Gasteiger partial charge in [0.1, 0.15) is 11.3 Å². The zero-order valence-corrected chi connectivity index (χ0v) is 39.0. The lowest BCUT2D eigenvalue weighted by Crippen LogP contribution is -2.18. The Balaban J connectivity index is 1.51. The Morgan fingerprint density at radius 3 is 1.07 bits per heavy atom. The molecule has 0 radical (unpaired) electrons. The molecule has 0 bridgehead atoms. The molecule has 2 aromatic carbocycles. The van der Waals surface area contributed by atoms with E-state index < -0.39 is 0 Å². The summed E-state index contributed by atoms with van der Waals surface area (Å²) in [6, 6.07) is 18.5. The Hall–Kier alpha value is -4.84. The van der Waals surface area contributed by atoms with Gasteiger partial charge in [0.15, 0.2) is 0 Å². The molecule has 0 N–H and O–H groups in total. The Morgan fingerprint density at radius 2 is 0.763 bits per heavy atom. The fraction of sp³-hybridized carbons (Fsp3) is 0.472. The standard InChI is InChI=1S/C53H64N6/c1-48(2,3)32-24-36-44(56-46-28-19-21-38(50(7,8)9)54-34(28)26-40(58(36)46)52(13,14)15)42-30(32)23-31-33(49(4,5)6)25-37-45(43(31)42)57-47-29-20-22-39(51(10,11)12)55-35(29)27-41(59(37)47)53(16,17)18/h19-22,24-27H,23H2,1-18H3. The van der Waals surface area contributed by atoms with Crippen LogP contribution in [-0.2, 0) is 38.9 Å². The molecule has 6 nitrogen and oxygen atoms in total. The van der Waals surface area contributed by atoms with Gasteiger partial charge in [-0.1, -0.05) is 125 Å². The molecule has 1 aliphatic carbocycles. The highest BCUT2D eigenvalue weighted by Crippen LogP contribution is 2.52. The van der Waals surface area contributed by atoms with Crippen molar-refractivity contribution in [2.24, 2.45) is 0 Å². The quantitative estimate of drug-likeness (QED) is 0.154. The lowest BCUT2D eigenvalue weighted by Gasteiger charge is -2.25. The van der Waals surface area contributed by atoms with Gasteiger partial charge in [-0.2, -0.15) is 0 Å². The molecule has 6 heteroatoms. The zero-order valence-electron chi connectivity index (χ0n) is 39.0. The van der Waals surface area contributed by atoms with Crippen molar-refractivity contribution in [2.75, 3.05) is 0 Å². The van der Waals surface area contributed by atoms with E-state index in [-0.39, 0.29) is 32.5 Å². The predicted molar refractivity (Wildman–Crippen MR) is 250 cm³/mol. The Morgan fingerprint density at radius 1 is 0.407 bits per heavy atom. The molecule has 0 saturated heterocycles. The van der Waals surface area contributed by atoms with Crippen LogP contribution in [0.1, 0.15) is 170 Å². The van der Waals surface area contributed by atoms with Gasteiger partial charge in [-0.15, -0.1) is 0 Å². The van der Waals surface area contributed by atoms with Crippen LogP contribution in [0.3, 0.4) is 0 Å². The van der Waals surface area contributed by atoms with E-state index in [1.165, 1.54) is 44.8 Å². The van der Waals surface area contributed by atoms with Crippen molar-refractivity contribution >= 4 is 55.2 Å². The first-order chi connectivity index (χ1) is 27.0. The summed E-state index contributed by atoms with van der Waals surface area (Å²) in [4.78, 5) is 22.2. The molecule has 0 atom stereocenters. The third-order valence-electron chi connectivity index (χ3n) is 12.8. The third kappa shape index (κ3) is 5.93. The molecule has 6 aromatic heterocycles. The van der Waals surface area contributed by atoms with Gasteiger partial charge in [-0.25, -0.2) is 9.97 Å². The third-order valence-corrected chi connectivity index (χ3v) is 12.8. The van der Waals surface area contributed by atoms with E-state index in [0.717, 1.165) is 73.0 Å². The SMILES string of the molecule is CC(C)(C)c1ccc2c(cc(C(C)(C)C)n3c4cc(C(C)(C)C)c5c(c4nc23)-c2c(c(C(C)(C)C)cc3c2nc2c4ccc(C(C)(C)C)nc4cc(C(C)(C)C)n32)C5)n1. The molecule has 0 aliphatic heterocycles. The monoisotopic (exact) mass is 785 g/mol. The van der Waals surface area contributed by atoms with E-state index in [9.17, 15) is 0 Å². The van der Waals surface area contributed by atoms with Crippen LogP contribution in [0.2, 0.25) is 0 Å². The highest BCUT2D eigenvalue weighted by Gasteiger charge is 2.38. The fourth-order valence-corrected chi connectivity index (χ4v) is 9.65. The zero-order chi connectivity index (χ0) is 42.9. The number of rotatable bonds is 0. The van der Waals surface area contributed by atoms with Crippen LogP contribution >= 0.6 is 0 Å². The lowest BCUT2D eigenvalue weighted by atomic mass is 9.80. The Kier molecular flexibility index (Phi) is 8.00. The molecule has 59 heavy (non-hydrogen) atoms. The van der Waals surface area contributed by atoms with Crippen molar-refractivity contribution in [1.82, 2.24) is 28.7 Å². The number of imidazole rings is 2. The minimum Gasteiger partial charge on any atom is -0.295 e. The topological polar surface area (TPSA) is 60.4 Å². The number of hydrogen-bond donors (Lipinski definition) is 0. The lowest BCUT2D eigenvalue weighted by molar-refractivity contribution is 0.562. The van der Waals surface area contributed by atoms with E-state index in [1.807, 2.05) is 0 Å². The van der Waals surface area contributed by atoms with Crippen LogP contribution in [-0.4, -0.2) is 28.7 Å². The van der Waals surface area contributed by atoms with Gasteiger partial charge in [0.25, 0.3) is 0 Å². The molecule has 0 spiro atoms. The molecule has 9 rings (SSSR count).